The Labute approximate surface area is 278 Å². The number of aryl methyl sites for hydroxylation is 1. The molecule has 5 rings (SSSR count). The summed E-state index contributed by atoms with van der Waals surface area (Å²) in [5.41, 5.74) is 12.7. The van der Waals surface area contributed by atoms with Crippen LogP contribution in [0.15, 0.2) is 78.9 Å². The van der Waals surface area contributed by atoms with Crippen LogP contribution in [0.1, 0.15) is 43.5 Å². The Balaban J connectivity index is 1.40. The Morgan fingerprint density at radius 3 is 2.31 bits per heavy atom. The molecule has 0 fully saturated rings. The fraction of sp³-hybridized carbons (Fsp3) is 0.306. The van der Waals surface area contributed by atoms with E-state index in [2.05, 4.69) is 20.9 Å². The molecule has 3 atom stereocenters. The van der Waals surface area contributed by atoms with Crippen molar-refractivity contribution >= 4 is 40.4 Å². The average Bonchev–Trinajstić information content (AvgIpc) is 3.41. The molecule has 48 heavy (non-hydrogen) atoms. The molecular formula is C36H40N6O6. The van der Waals surface area contributed by atoms with Gasteiger partial charge < -0.3 is 37.1 Å². The minimum absolute atomic E-state index is 0.0245. The van der Waals surface area contributed by atoms with Gasteiger partial charge in [0.15, 0.2) is 0 Å². The molecule has 0 saturated heterocycles. The highest BCUT2D eigenvalue weighted by molar-refractivity contribution is 5.98. The molecule has 1 aliphatic rings. The maximum absolute atomic E-state index is 14.3. The minimum atomic E-state index is -1.41. The molecule has 4 aromatic rings. The van der Waals surface area contributed by atoms with E-state index in [4.69, 9.17) is 16.2 Å². The fourth-order valence-corrected chi connectivity index (χ4v) is 6.10. The molecule has 12 nitrogen and oxygen atoms in total. The first-order chi connectivity index (χ1) is 22.9. The molecular weight excluding hydrogens is 612 g/mol. The van der Waals surface area contributed by atoms with E-state index in [0.717, 1.165) is 22.2 Å². The number of aromatic amines is 1. The summed E-state index contributed by atoms with van der Waals surface area (Å²) in [5.74, 6) is -2.59. The Bertz CT molecular complexity index is 1840. The number of carbonyl (C=O) groups is 5. The molecule has 0 saturated carbocycles. The van der Waals surface area contributed by atoms with E-state index in [0.29, 0.717) is 23.5 Å². The third-order valence-electron chi connectivity index (χ3n) is 8.54. The van der Waals surface area contributed by atoms with Crippen molar-refractivity contribution in [2.45, 2.75) is 63.6 Å². The van der Waals surface area contributed by atoms with Crippen LogP contribution in [0.25, 0.3) is 10.9 Å². The number of H-pyrrole nitrogens is 1. The van der Waals surface area contributed by atoms with E-state index in [-0.39, 0.29) is 25.2 Å². The van der Waals surface area contributed by atoms with E-state index in [1.165, 1.54) is 0 Å². The number of ether oxygens (including phenoxy) is 1. The minimum Gasteiger partial charge on any atom is -0.457 e. The second-order valence-electron chi connectivity index (χ2n) is 12.5. The topological polar surface area (TPSA) is 198 Å². The van der Waals surface area contributed by atoms with E-state index in [9.17, 15) is 24.0 Å². The summed E-state index contributed by atoms with van der Waals surface area (Å²) in [5, 5.41) is 9.27. The second kappa shape index (κ2) is 14.4. The van der Waals surface area contributed by atoms with Gasteiger partial charge in [0.2, 0.25) is 29.5 Å². The Kier molecular flexibility index (Phi) is 10.1. The van der Waals surface area contributed by atoms with E-state index < -0.39 is 53.6 Å². The molecule has 12 heteroatoms. The zero-order valence-corrected chi connectivity index (χ0v) is 26.9. The summed E-state index contributed by atoms with van der Waals surface area (Å²) in [7, 11) is 0. The molecule has 3 aromatic carbocycles. The predicted octanol–water partition coefficient (Wildman–Crippen LogP) is 2.53. The number of hydrogen-bond acceptors (Lipinski definition) is 6. The van der Waals surface area contributed by atoms with Gasteiger partial charge in [-0.05, 0) is 60.2 Å². The molecule has 1 aliphatic carbocycles. The van der Waals surface area contributed by atoms with Crippen molar-refractivity contribution in [3.63, 3.8) is 0 Å². The van der Waals surface area contributed by atoms with Crippen molar-refractivity contribution in [3.05, 3.63) is 95.7 Å². The zero-order chi connectivity index (χ0) is 34.4. The molecule has 0 unspecified atom stereocenters. The highest BCUT2D eigenvalue weighted by atomic mass is 16.5. The van der Waals surface area contributed by atoms with Gasteiger partial charge in [0.25, 0.3) is 0 Å². The van der Waals surface area contributed by atoms with Crippen molar-refractivity contribution in [1.82, 2.24) is 20.9 Å². The fourth-order valence-electron chi connectivity index (χ4n) is 6.10. The van der Waals surface area contributed by atoms with E-state index >= 15 is 0 Å². The van der Waals surface area contributed by atoms with Gasteiger partial charge in [-0.25, -0.2) is 0 Å². The highest BCUT2D eigenvalue weighted by Crippen LogP contribution is 2.35. The van der Waals surface area contributed by atoms with Crippen LogP contribution in [0.3, 0.4) is 0 Å². The Morgan fingerprint density at radius 2 is 1.60 bits per heavy atom. The van der Waals surface area contributed by atoms with Crippen LogP contribution in [0, 0.1) is 5.92 Å². The standard InChI is InChI=1S/C36H40N6O6/c1-21(2)32(34(46)40-29(33(38)45)19-30(37)43)41-35(47)36(16-15-28-26(20-36)25-13-6-7-14-27(25)39-28)42-31(44)18-22-9-8-12-24(17-22)48-23-10-4-3-5-11-23/h3-14,17,21,29,32,39H,15-16,18-20H2,1-2H3,(H2,37,43)(H2,38,45)(H,40,46)(H,41,47)(H,42,44)/t29-,32-,36-/m0/s1. The number of para-hydroxylation sites is 2. The van der Waals surface area contributed by atoms with Gasteiger partial charge >= 0.3 is 0 Å². The highest BCUT2D eigenvalue weighted by Gasteiger charge is 2.45. The molecule has 0 spiro atoms. The predicted molar refractivity (Wildman–Crippen MR) is 180 cm³/mol. The zero-order valence-electron chi connectivity index (χ0n) is 26.9. The quantitative estimate of drug-likeness (QED) is 0.128. The number of fused-ring (bicyclic) bond motifs is 3. The van der Waals surface area contributed by atoms with Crippen LogP contribution < -0.4 is 32.2 Å². The van der Waals surface area contributed by atoms with Gasteiger partial charge in [0.05, 0.1) is 12.8 Å². The first-order valence-corrected chi connectivity index (χ1v) is 15.8. The van der Waals surface area contributed by atoms with Crippen molar-refractivity contribution in [2.75, 3.05) is 0 Å². The lowest BCUT2D eigenvalue weighted by atomic mass is 9.78. The summed E-state index contributed by atoms with van der Waals surface area (Å²) in [4.78, 5) is 68.3. The lowest BCUT2D eigenvalue weighted by Crippen LogP contribution is -2.65. The van der Waals surface area contributed by atoms with Crippen LogP contribution in [0.2, 0.25) is 0 Å². The number of benzene rings is 3. The average molecular weight is 653 g/mol. The monoisotopic (exact) mass is 652 g/mol. The number of nitrogens with one attached hydrogen (secondary N) is 4. The normalized spacial score (nSPS) is 16.7. The smallest absolute Gasteiger partial charge is 0.246 e. The van der Waals surface area contributed by atoms with Crippen LogP contribution in [0.4, 0.5) is 0 Å². The molecule has 0 aliphatic heterocycles. The molecule has 250 valence electrons. The van der Waals surface area contributed by atoms with Crippen LogP contribution in [0.5, 0.6) is 11.5 Å². The van der Waals surface area contributed by atoms with Gasteiger partial charge in [-0.15, -0.1) is 0 Å². The molecule has 1 aromatic heterocycles. The molecule has 5 amide bonds. The van der Waals surface area contributed by atoms with Crippen LogP contribution in [-0.2, 0) is 43.2 Å². The molecule has 1 heterocycles. The number of hydrogen-bond donors (Lipinski definition) is 6. The van der Waals surface area contributed by atoms with Gasteiger partial charge in [-0.3, -0.25) is 24.0 Å². The summed E-state index contributed by atoms with van der Waals surface area (Å²) in [6.45, 7) is 3.46. The molecule has 0 bridgehead atoms. The third-order valence-corrected chi connectivity index (χ3v) is 8.54. The van der Waals surface area contributed by atoms with Crippen LogP contribution in [-0.4, -0.2) is 52.1 Å². The van der Waals surface area contributed by atoms with Crippen molar-refractivity contribution < 1.29 is 28.7 Å². The third kappa shape index (κ3) is 7.83. The van der Waals surface area contributed by atoms with Crippen molar-refractivity contribution in [2.24, 2.45) is 17.4 Å². The van der Waals surface area contributed by atoms with Crippen molar-refractivity contribution in [1.29, 1.82) is 0 Å². The van der Waals surface area contributed by atoms with E-state index in [1.54, 1.807) is 32.0 Å². The first-order valence-electron chi connectivity index (χ1n) is 15.8. The maximum Gasteiger partial charge on any atom is 0.246 e. The Morgan fingerprint density at radius 1 is 0.896 bits per heavy atom. The Hall–Kier alpha value is -5.65. The molecule has 0 radical (unpaired) electrons. The summed E-state index contributed by atoms with van der Waals surface area (Å²) in [6.07, 6.45) is 0.404. The largest absolute Gasteiger partial charge is 0.457 e. The van der Waals surface area contributed by atoms with Gasteiger partial charge in [0, 0.05) is 23.0 Å². The summed E-state index contributed by atoms with van der Waals surface area (Å²) in [6, 6.07) is 21.8. The van der Waals surface area contributed by atoms with Gasteiger partial charge in [-0.2, -0.15) is 0 Å². The van der Waals surface area contributed by atoms with Gasteiger partial charge in [-0.1, -0.05) is 62.4 Å². The SMILES string of the molecule is CC(C)[C@H](NC(=O)[C@]1(NC(=O)Cc2cccc(Oc3ccccc3)c2)CCc2[nH]c3ccccc3c2C1)C(=O)N[C@@H](CC(N)=O)C(N)=O. The van der Waals surface area contributed by atoms with Crippen LogP contribution >= 0.6 is 0 Å². The number of rotatable bonds is 13. The van der Waals surface area contributed by atoms with E-state index in [1.807, 2.05) is 60.7 Å². The number of amides is 5. The number of carbonyl (C=O) groups excluding carboxylic acids is 5. The first kappa shape index (κ1) is 33.7. The summed E-state index contributed by atoms with van der Waals surface area (Å²) >= 11 is 0. The number of aromatic nitrogens is 1. The lowest BCUT2D eigenvalue weighted by Gasteiger charge is -2.38. The lowest BCUT2D eigenvalue weighted by molar-refractivity contribution is -0.138. The second-order valence-corrected chi connectivity index (χ2v) is 12.5. The summed E-state index contributed by atoms with van der Waals surface area (Å²) < 4.78 is 5.94. The van der Waals surface area contributed by atoms with Gasteiger partial charge in [0.1, 0.15) is 29.1 Å². The molecule has 8 N–H and O–H groups in total. The number of primary amides is 2. The van der Waals surface area contributed by atoms with Crippen molar-refractivity contribution in [3.8, 4) is 11.5 Å². The number of nitrogens with two attached hydrogens (primary N) is 2. The maximum atomic E-state index is 14.3.